The number of aromatic nitrogens is 3. The van der Waals surface area contributed by atoms with Gasteiger partial charge in [-0.1, -0.05) is 0 Å². The van der Waals surface area contributed by atoms with E-state index in [9.17, 15) is 4.79 Å². The average Bonchev–Trinajstić information content (AvgIpc) is 2.70. The van der Waals surface area contributed by atoms with Crippen LogP contribution in [-0.2, 0) is 0 Å². The molecule has 0 saturated carbocycles. The lowest BCUT2D eigenvalue weighted by atomic mass is 10.1. The molecule has 0 radical (unpaired) electrons. The monoisotopic (exact) mass is 216 g/mol. The largest absolute Gasteiger partial charge is 0.325 e. The summed E-state index contributed by atoms with van der Waals surface area (Å²) in [6.45, 7) is 3.48. The molecule has 0 fully saturated rings. The highest BCUT2D eigenvalue weighted by Gasteiger charge is 2.09. The highest BCUT2D eigenvalue weighted by molar-refractivity contribution is 5.98. The highest BCUT2D eigenvalue weighted by atomic mass is 16.1. The molecule has 0 spiro atoms. The van der Waals surface area contributed by atoms with Gasteiger partial charge in [0.15, 0.2) is 0 Å². The Morgan fingerprint density at radius 1 is 1.50 bits per heavy atom. The molecule has 3 N–H and O–H groups in total. The van der Waals surface area contributed by atoms with Gasteiger partial charge in [-0.25, -0.2) is 0 Å². The minimum Gasteiger partial charge on any atom is -0.325 e. The van der Waals surface area contributed by atoms with Gasteiger partial charge in [0.25, 0.3) is 5.56 Å². The van der Waals surface area contributed by atoms with Crippen molar-refractivity contribution in [2.75, 3.05) is 0 Å². The summed E-state index contributed by atoms with van der Waals surface area (Å²) in [6.07, 6.45) is 1.59. The molecule has 2 rings (SSSR count). The fourth-order valence-electron chi connectivity index (χ4n) is 1.62. The third-order valence-electron chi connectivity index (χ3n) is 2.43. The molecule has 0 aromatic carbocycles. The van der Waals surface area contributed by atoms with Gasteiger partial charge in [-0.2, -0.15) is 5.10 Å². The Kier molecular flexibility index (Phi) is 2.44. The summed E-state index contributed by atoms with van der Waals surface area (Å²) in [5.74, 6) is 0. The summed E-state index contributed by atoms with van der Waals surface area (Å²) < 4.78 is 0. The number of hydrogen-bond acceptors (Lipinski definition) is 3. The van der Waals surface area contributed by atoms with Crippen LogP contribution in [0.5, 0.6) is 0 Å². The van der Waals surface area contributed by atoms with Crippen LogP contribution in [-0.4, -0.2) is 20.9 Å². The van der Waals surface area contributed by atoms with Crippen molar-refractivity contribution >= 4 is 5.71 Å². The molecule has 82 valence electrons. The van der Waals surface area contributed by atoms with E-state index in [1.807, 2.05) is 0 Å². The molecule has 0 aliphatic rings. The third kappa shape index (κ3) is 1.67. The van der Waals surface area contributed by atoms with Crippen LogP contribution in [0.3, 0.4) is 0 Å². The Bertz CT molecular complexity index is 581. The van der Waals surface area contributed by atoms with Gasteiger partial charge in [0.2, 0.25) is 0 Å². The summed E-state index contributed by atoms with van der Waals surface area (Å²) >= 11 is 0. The molecular weight excluding hydrogens is 204 g/mol. The van der Waals surface area contributed by atoms with Gasteiger partial charge in [-0.15, -0.1) is 0 Å². The molecule has 0 atom stereocenters. The smallest absolute Gasteiger partial charge is 0.257 e. The summed E-state index contributed by atoms with van der Waals surface area (Å²) in [6, 6.07) is 3.44. The molecule has 0 aliphatic heterocycles. The highest BCUT2D eigenvalue weighted by Crippen LogP contribution is 2.14. The Morgan fingerprint density at radius 2 is 2.25 bits per heavy atom. The average molecular weight is 216 g/mol. The van der Waals surface area contributed by atoms with Crippen molar-refractivity contribution in [1.82, 2.24) is 15.2 Å². The molecule has 2 aromatic rings. The second-order valence-electron chi connectivity index (χ2n) is 3.65. The zero-order chi connectivity index (χ0) is 11.7. The van der Waals surface area contributed by atoms with Crippen LogP contribution in [0.1, 0.15) is 18.2 Å². The van der Waals surface area contributed by atoms with Gasteiger partial charge in [-0.3, -0.25) is 9.89 Å². The van der Waals surface area contributed by atoms with Gasteiger partial charge in [-0.05, 0) is 26.0 Å². The predicted molar refractivity (Wildman–Crippen MR) is 61.9 cm³/mol. The number of hydrogen-bond donors (Lipinski definition) is 3. The van der Waals surface area contributed by atoms with E-state index in [1.54, 1.807) is 32.2 Å². The van der Waals surface area contributed by atoms with Crippen molar-refractivity contribution in [3.63, 3.8) is 0 Å². The van der Waals surface area contributed by atoms with Gasteiger partial charge in [0, 0.05) is 23.2 Å². The fourth-order valence-corrected chi connectivity index (χ4v) is 1.62. The van der Waals surface area contributed by atoms with E-state index in [1.165, 1.54) is 0 Å². The number of nitrogens with zero attached hydrogens (tertiary/aromatic N) is 1. The second kappa shape index (κ2) is 3.77. The van der Waals surface area contributed by atoms with Crippen LogP contribution < -0.4 is 5.56 Å². The van der Waals surface area contributed by atoms with Crippen molar-refractivity contribution in [3.8, 4) is 11.3 Å². The number of H-pyrrole nitrogens is 2. The van der Waals surface area contributed by atoms with Gasteiger partial charge >= 0.3 is 0 Å². The van der Waals surface area contributed by atoms with E-state index in [0.29, 0.717) is 22.7 Å². The predicted octanol–water partition coefficient (Wildman–Crippen LogP) is 1.46. The minimum absolute atomic E-state index is 0.174. The van der Waals surface area contributed by atoms with Crippen molar-refractivity contribution in [2.45, 2.75) is 13.8 Å². The summed E-state index contributed by atoms with van der Waals surface area (Å²) in [7, 11) is 0. The number of pyridine rings is 1. The van der Waals surface area contributed by atoms with Crippen LogP contribution >= 0.6 is 0 Å². The molecule has 0 amide bonds. The van der Waals surface area contributed by atoms with Crippen molar-refractivity contribution in [2.24, 2.45) is 0 Å². The Morgan fingerprint density at radius 3 is 2.81 bits per heavy atom. The Balaban J connectivity index is 2.68. The first-order valence-electron chi connectivity index (χ1n) is 4.89. The summed E-state index contributed by atoms with van der Waals surface area (Å²) in [5.41, 5.74) is 2.86. The van der Waals surface area contributed by atoms with Gasteiger partial charge < -0.3 is 10.4 Å². The lowest BCUT2D eigenvalue weighted by Crippen LogP contribution is -2.14. The zero-order valence-corrected chi connectivity index (χ0v) is 9.09. The third-order valence-corrected chi connectivity index (χ3v) is 2.43. The number of rotatable bonds is 2. The van der Waals surface area contributed by atoms with Crippen LogP contribution in [0.2, 0.25) is 0 Å². The second-order valence-corrected chi connectivity index (χ2v) is 3.65. The standard InChI is InChI=1S/C11H12N4O/c1-6(12)8-5-9(10-3-4-13-15-10)11(16)14-7(8)2/h3-5,12H,1-2H3,(H,13,15)(H,14,16). The first-order valence-corrected chi connectivity index (χ1v) is 4.89. The van der Waals surface area contributed by atoms with E-state index in [0.717, 1.165) is 5.56 Å². The molecule has 2 aromatic heterocycles. The maximum atomic E-state index is 11.7. The van der Waals surface area contributed by atoms with E-state index in [-0.39, 0.29) is 5.56 Å². The van der Waals surface area contributed by atoms with Gasteiger partial charge in [0.05, 0.1) is 11.3 Å². The fraction of sp³-hybridized carbons (Fsp3) is 0.182. The molecule has 0 aliphatic carbocycles. The topological polar surface area (TPSA) is 85.4 Å². The summed E-state index contributed by atoms with van der Waals surface area (Å²) in [5, 5.41) is 14.2. The lowest BCUT2D eigenvalue weighted by molar-refractivity contribution is 1.08. The van der Waals surface area contributed by atoms with E-state index >= 15 is 0 Å². The molecule has 5 nitrogen and oxygen atoms in total. The Labute approximate surface area is 92.0 Å². The van der Waals surface area contributed by atoms with Gasteiger partial charge in [0.1, 0.15) is 0 Å². The quantitative estimate of drug-likeness (QED) is 0.664. The number of nitrogens with one attached hydrogen (secondary N) is 3. The Hall–Kier alpha value is -2.17. The molecule has 0 saturated heterocycles. The van der Waals surface area contributed by atoms with Crippen LogP contribution in [0.25, 0.3) is 11.3 Å². The van der Waals surface area contributed by atoms with Crippen LogP contribution in [0, 0.1) is 12.3 Å². The maximum absolute atomic E-state index is 11.7. The normalized spacial score (nSPS) is 10.4. The number of aromatic amines is 2. The van der Waals surface area contributed by atoms with Crippen molar-refractivity contribution < 1.29 is 0 Å². The van der Waals surface area contributed by atoms with Crippen molar-refractivity contribution in [3.05, 3.63) is 39.9 Å². The van der Waals surface area contributed by atoms with E-state index in [4.69, 9.17) is 5.41 Å². The van der Waals surface area contributed by atoms with Crippen molar-refractivity contribution in [1.29, 1.82) is 5.41 Å². The summed E-state index contributed by atoms with van der Waals surface area (Å²) in [4.78, 5) is 14.5. The molecule has 0 unspecified atom stereocenters. The lowest BCUT2D eigenvalue weighted by Gasteiger charge is -2.05. The van der Waals surface area contributed by atoms with E-state index in [2.05, 4.69) is 15.2 Å². The molecule has 2 heterocycles. The van der Waals surface area contributed by atoms with Crippen LogP contribution in [0.15, 0.2) is 23.1 Å². The van der Waals surface area contributed by atoms with E-state index < -0.39 is 0 Å². The molecule has 5 heteroatoms. The number of aryl methyl sites for hydroxylation is 1. The first kappa shape index (κ1) is 10.4. The van der Waals surface area contributed by atoms with Crippen LogP contribution in [0.4, 0.5) is 0 Å². The molecule has 0 bridgehead atoms. The molecule has 16 heavy (non-hydrogen) atoms. The zero-order valence-electron chi connectivity index (χ0n) is 9.09. The maximum Gasteiger partial charge on any atom is 0.257 e. The minimum atomic E-state index is -0.174. The SMILES string of the molecule is CC(=N)c1cc(-c2ccn[nH]2)c(=O)[nH]c1C. The first-order chi connectivity index (χ1) is 7.59. The molecular formula is C11H12N4O.